The van der Waals surface area contributed by atoms with Crippen molar-refractivity contribution in [2.24, 2.45) is 11.5 Å². The minimum atomic E-state index is -0.418. The SMILES string of the molecule is N[C@]1(Br)CCCC[C@@]1(N)Br. The van der Waals surface area contributed by atoms with E-state index >= 15 is 0 Å². The number of hydrogen-bond acceptors (Lipinski definition) is 2. The van der Waals surface area contributed by atoms with Crippen molar-refractivity contribution in [2.45, 2.75) is 34.6 Å². The van der Waals surface area contributed by atoms with Gasteiger partial charge in [-0.3, -0.25) is 0 Å². The fraction of sp³-hybridized carbons (Fsp3) is 1.00. The van der Waals surface area contributed by atoms with Crippen LogP contribution in [0.2, 0.25) is 0 Å². The zero-order valence-electron chi connectivity index (χ0n) is 5.74. The van der Waals surface area contributed by atoms with Crippen LogP contribution in [0.4, 0.5) is 0 Å². The molecule has 60 valence electrons. The molecule has 10 heavy (non-hydrogen) atoms. The van der Waals surface area contributed by atoms with Crippen molar-refractivity contribution in [3.63, 3.8) is 0 Å². The van der Waals surface area contributed by atoms with Gasteiger partial charge in [-0.2, -0.15) is 0 Å². The summed E-state index contributed by atoms with van der Waals surface area (Å²) in [5.41, 5.74) is 11.8. The van der Waals surface area contributed by atoms with E-state index in [1.807, 2.05) is 0 Å². The van der Waals surface area contributed by atoms with E-state index in [9.17, 15) is 0 Å². The lowest BCUT2D eigenvalue weighted by Crippen LogP contribution is -2.59. The molecule has 1 rings (SSSR count). The van der Waals surface area contributed by atoms with Crippen molar-refractivity contribution >= 4 is 31.9 Å². The van der Waals surface area contributed by atoms with Gasteiger partial charge in [0.2, 0.25) is 0 Å². The van der Waals surface area contributed by atoms with Crippen LogP contribution in [0.15, 0.2) is 0 Å². The number of alkyl halides is 2. The normalized spacial score (nSPS) is 49.2. The summed E-state index contributed by atoms with van der Waals surface area (Å²) < 4.78 is -0.837. The van der Waals surface area contributed by atoms with Gasteiger partial charge in [0.15, 0.2) is 0 Å². The first-order valence-corrected chi connectivity index (χ1v) is 5.00. The average Bonchev–Trinajstić information content (AvgIpc) is 1.77. The number of rotatable bonds is 0. The van der Waals surface area contributed by atoms with Crippen LogP contribution in [0.3, 0.4) is 0 Å². The molecule has 0 aromatic heterocycles. The van der Waals surface area contributed by atoms with Crippen molar-refractivity contribution < 1.29 is 0 Å². The summed E-state index contributed by atoms with van der Waals surface area (Å²) in [6.45, 7) is 0. The van der Waals surface area contributed by atoms with Crippen LogP contribution >= 0.6 is 31.9 Å². The Labute approximate surface area is 78.0 Å². The van der Waals surface area contributed by atoms with Crippen LogP contribution in [-0.2, 0) is 0 Å². The zero-order chi connectivity index (χ0) is 7.83. The van der Waals surface area contributed by atoms with Crippen LogP contribution in [-0.4, -0.2) is 8.90 Å². The van der Waals surface area contributed by atoms with Crippen LogP contribution in [0.1, 0.15) is 25.7 Å². The Morgan fingerprint density at radius 1 is 0.900 bits per heavy atom. The van der Waals surface area contributed by atoms with Crippen LogP contribution in [0.5, 0.6) is 0 Å². The summed E-state index contributed by atoms with van der Waals surface area (Å²) in [5.74, 6) is 0. The molecular weight excluding hydrogens is 260 g/mol. The third-order valence-corrected chi connectivity index (χ3v) is 4.76. The topological polar surface area (TPSA) is 52.0 Å². The lowest BCUT2D eigenvalue weighted by Gasteiger charge is -2.41. The lowest BCUT2D eigenvalue weighted by molar-refractivity contribution is 0.336. The third kappa shape index (κ3) is 1.55. The summed E-state index contributed by atoms with van der Waals surface area (Å²) in [7, 11) is 0. The standard InChI is InChI=1S/C6H12Br2N2/c7-5(9)3-1-2-4-6(5,8)10/h1-4,9-10H2/t5-,6+. The molecule has 1 aliphatic rings. The molecule has 2 nitrogen and oxygen atoms in total. The molecule has 4 heteroatoms. The predicted octanol–water partition coefficient (Wildman–Crippen LogP) is 1.66. The van der Waals surface area contributed by atoms with E-state index in [4.69, 9.17) is 11.5 Å². The van der Waals surface area contributed by atoms with Gasteiger partial charge in [-0.15, -0.1) is 0 Å². The summed E-state index contributed by atoms with van der Waals surface area (Å²) >= 11 is 6.84. The smallest absolute Gasteiger partial charge is 0.0999 e. The van der Waals surface area contributed by atoms with Gasteiger partial charge in [0.25, 0.3) is 0 Å². The minimum absolute atomic E-state index is 0.418. The Hall–Kier alpha value is 0.880. The fourth-order valence-corrected chi connectivity index (χ4v) is 2.14. The summed E-state index contributed by atoms with van der Waals surface area (Å²) in [6.07, 6.45) is 4.20. The molecule has 4 N–H and O–H groups in total. The Balaban J connectivity index is 2.70. The Kier molecular flexibility index (Phi) is 2.45. The van der Waals surface area contributed by atoms with Crippen LogP contribution in [0, 0.1) is 0 Å². The van der Waals surface area contributed by atoms with Crippen molar-refractivity contribution in [2.75, 3.05) is 0 Å². The molecule has 0 aromatic rings. The molecule has 1 fully saturated rings. The monoisotopic (exact) mass is 270 g/mol. The Morgan fingerprint density at radius 3 is 1.40 bits per heavy atom. The highest BCUT2D eigenvalue weighted by Gasteiger charge is 2.43. The maximum Gasteiger partial charge on any atom is 0.0999 e. The molecule has 0 heterocycles. The molecule has 1 saturated carbocycles. The first-order valence-electron chi connectivity index (χ1n) is 3.41. The average molecular weight is 272 g/mol. The second kappa shape index (κ2) is 2.73. The minimum Gasteiger partial charge on any atom is -0.314 e. The highest BCUT2D eigenvalue weighted by molar-refractivity contribution is 9.13. The number of nitrogens with two attached hydrogens (primary N) is 2. The zero-order valence-corrected chi connectivity index (χ0v) is 8.91. The third-order valence-electron chi connectivity index (χ3n) is 2.02. The van der Waals surface area contributed by atoms with E-state index in [-0.39, 0.29) is 0 Å². The maximum atomic E-state index is 5.90. The molecule has 0 saturated heterocycles. The van der Waals surface area contributed by atoms with Gasteiger partial charge in [0, 0.05) is 0 Å². The molecule has 0 spiro atoms. The molecule has 0 amide bonds. The molecule has 2 atom stereocenters. The van der Waals surface area contributed by atoms with Crippen molar-refractivity contribution in [3.05, 3.63) is 0 Å². The summed E-state index contributed by atoms with van der Waals surface area (Å²) in [5, 5.41) is 0. The second-order valence-electron chi connectivity index (χ2n) is 2.93. The lowest BCUT2D eigenvalue weighted by atomic mass is 9.91. The van der Waals surface area contributed by atoms with Gasteiger partial charge in [0.1, 0.15) is 0 Å². The first-order chi connectivity index (χ1) is 4.46. The van der Waals surface area contributed by atoms with Crippen LogP contribution < -0.4 is 11.5 Å². The fourth-order valence-electron chi connectivity index (χ4n) is 1.18. The molecule has 0 unspecified atom stereocenters. The molecular formula is C6H12Br2N2. The van der Waals surface area contributed by atoms with Crippen molar-refractivity contribution in [1.29, 1.82) is 0 Å². The van der Waals surface area contributed by atoms with E-state index in [0.717, 1.165) is 25.7 Å². The highest BCUT2D eigenvalue weighted by atomic mass is 79.9. The highest BCUT2D eigenvalue weighted by Crippen LogP contribution is 2.41. The Morgan fingerprint density at radius 2 is 1.20 bits per heavy atom. The van der Waals surface area contributed by atoms with E-state index in [1.165, 1.54) is 0 Å². The summed E-state index contributed by atoms with van der Waals surface area (Å²) in [4.78, 5) is 0. The quantitative estimate of drug-likeness (QED) is 0.520. The molecule has 0 aliphatic heterocycles. The maximum absolute atomic E-state index is 5.90. The van der Waals surface area contributed by atoms with E-state index in [2.05, 4.69) is 31.9 Å². The largest absolute Gasteiger partial charge is 0.314 e. The van der Waals surface area contributed by atoms with Crippen LogP contribution in [0.25, 0.3) is 0 Å². The summed E-state index contributed by atoms with van der Waals surface area (Å²) in [6, 6.07) is 0. The van der Waals surface area contributed by atoms with Gasteiger partial charge in [-0.25, -0.2) is 0 Å². The van der Waals surface area contributed by atoms with E-state index < -0.39 is 8.90 Å². The molecule has 1 aliphatic carbocycles. The molecule has 0 radical (unpaired) electrons. The van der Waals surface area contributed by atoms with Gasteiger partial charge in [-0.05, 0) is 12.8 Å². The van der Waals surface area contributed by atoms with Gasteiger partial charge in [-0.1, -0.05) is 44.7 Å². The number of hydrogen-bond donors (Lipinski definition) is 2. The first kappa shape index (κ1) is 8.97. The van der Waals surface area contributed by atoms with Gasteiger partial charge in [0.05, 0.1) is 8.90 Å². The number of halogens is 2. The second-order valence-corrected chi connectivity index (χ2v) is 5.76. The van der Waals surface area contributed by atoms with Gasteiger partial charge >= 0.3 is 0 Å². The molecule has 0 aromatic carbocycles. The van der Waals surface area contributed by atoms with Crippen molar-refractivity contribution in [1.82, 2.24) is 0 Å². The van der Waals surface area contributed by atoms with Crippen molar-refractivity contribution in [3.8, 4) is 0 Å². The van der Waals surface area contributed by atoms with E-state index in [0.29, 0.717) is 0 Å². The predicted molar refractivity (Wildman–Crippen MR) is 50.2 cm³/mol. The van der Waals surface area contributed by atoms with Gasteiger partial charge < -0.3 is 11.5 Å². The molecule has 0 bridgehead atoms. The van der Waals surface area contributed by atoms with E-state index in [1.54, 1.807) is 0 Å². The Bertz CT molecular complexity index is 118.